The van der Waals surface area contributed by atoms with Gasteiger partial charge in [0.1, 0.15) is 11.6 Å². The lowest BCUT2D eigenvalue weighted by molar-refractivity contribution is -0.135. The van der Waals surface area contributed by atoms with Gasteiger partial charge in [0.25, 0.3) is 0 Å². The molecule has 0 saturated carbocycles. The second-order valence-electron chi connectivity index (χ2n) is 7.36. The highest BCUT2D eigenvalue weighted by Gasteiger charge is 2.30. The quantitative estimate of drug-likeness (QED) is 0.858. The van der Waals surface area contributed by atoms with Gasteiger partial charge in [0.2, 0.25) is 11.9 Å². The molecule has 0 unspecified atom stereocenters. The second kappa shape index (κ2) is 8.46. The Morgan fingerprint density at radius 3 is 2.61 bits per heavy atom. The minimum Gasteiger partial charge on any atom is -0.495 e. The minimum absolute atomic E-state index is 0.143. The van der Waals surface area contributed by atoms with Crippen molar-refractivity contribution >= 4 is 23.4 Å². The van der Waals surface area contributed by atoms with Crippen LogP contribution in [0.4, 0.5) is 17.5 Å². The summed E-state index contributed by atoms with van der Waals surface area (Å²) in [5.41, 5.74) is 0.865. The Bertz CT molecular complexity index is 814. The van der Waals surface area contributed by atoms with E-state index in [9.17, 15) is 4.79 Å². The lowest BCUT2D eigenvalue weighted by atomic mass is 9.95. The lowest BCUT2D eigenvalue weighted by Gasteiger charge is -2.33. The van der Waals surface area contributed by atoms with Crippen molar-refractivity contribution in [3.63, 3.8) is 0 Å². The molecular weight excluding hydrogens is 354 g/mol. The van der Waals surface area contributed by atoms with Gasteiger partial charge in [-0.05, 0) is 43.9 Å². The van der Waals surface area contributed by atoms with Gasteiger partial charge in [0, 0.05) is 38.3 Å². The summed E-state index contributed by atoms with van der Waals surface area (Å²) in [6, 6.07) is 9.60. The summed E-state index contributed by atoms with van der Waals surface area (Å²) in [4.78, 5) is 25.9. The number of nitrogens with one attached hydrogen (secondary N) is 1. The molecule has 2 fully saturated rings. The maximum absolute atomic E-state index is 12.6. The summed E-state index contributed by atoms with van der Waals surface area (Å²) in [5.74, 6) is 2.68. The maximum Gasteiger partial charge on any atom is 0.227 e. The first kappa shape index (κ1) is 18.5. The Morgan fingerprint density at radius 2 is 1.86 bits per heavy atom. The fourth-order valence-corrected chi connectivity index (χ4v) is 3.98. The van der Waals surface area contributed by atoms with Crippen molar-refractivity contribution < 1.29 is 9.53 Å². The molecule has 1 aromatic heterocycles. The van der Waals surface area contributed by atoms with E-state index in [1.807, 2.05) is 35.2 Å². The van der Waals surface area contributed by atoms with Crippen LogP contribution in [-0.4, -0.2) is 54.1 Å². The summed E-state index contributed by atoms with van der Waals surface area (Å²) in [6.45, 7) is 3.47. The smallest absolute Gasteiger partial charge is 0.227 e. The maximum atomic E-state index is 12.6. The van der Waals surface area contributed by atoms with Crippen molar-refractivity contribution in [2.75, 3.05) is 43.5 Å². The predicted octanol–water partition coefficient (Wildman–Crippen LogP) is 3.07. The SMILES string of the molecule is COc1ccccc1Nc1ccnc(N2CCC(C(=O)N3CCCC3)CC2)n1. The number of carbonyl (C=O) groups excluding carboxylic acids is 1. The van der Waals surface area contributed by atoms with Crippen LogP contribution in [0.2, 0.25) is 0 Å². The summed E-state index contributed by atoms with van der Waals surface area (Å²) < 4.78 is 5.39. The highest BCUT2D eigenvalue weighted by Crippen LogP contribution is 2.28. The number of para-hydroxylation sites is 2. The van der Waals surface area contributed by atoms with E-state index in [0.29, 0.717) is 11.9 Å². The van der Waals surface area contributed by atoms with Gasteiger partial charge >= 0.3 is 0 Å². The van der Waals surface area contributed by atoms with Crippen molar-refractivity contribution in [1.29, 1.82) is 0 Å². The fraction of sp³-hybridized carbons (Fsp3) is 0.476. The lowest BCUT2D eigenvalue weighted by Crippen LogP contribution is -2.42. The number of aromatic nitrogens is 2. The van der Waals surface area contributed by atoms with Gasteiger partial charge in [0.05, 0.1) is 12.8 Å². The van der Waals surface area contributed by atoms with E-state index in [4.69, 9.17) is 4.74 Å². The Morgan fingerprint density at radius 1 is 1.11 bits per heavy atom. The van der Waals surface area contributed by atoms with E-state index < -0.39 is 0 Å². The van der Waals surface area contributed by atoms with Crippen molar-refractivity contribution in [3.05, 3.63) is 36.5 Å². The number of ether oxygens (including phenoxy) is 1. The Labute approximate surface area is 165 Å². The van der Waals surface area contributed by atoms with Crippen LogP contribution < -0.4 is 15.0 Å². The molecule has 2 saturated heterocycles. The third kappa shape index (κ3) is 4.03. The van der Waals surface area contributed by atoms with Crippen molar-refractivity contribution in [2.24, 2.45) is 5.92 Å². The monoisotopic (exact) mass is 381 g/mol. The molecule has 2 aromatic rings. The number of rotatable bonds is 5. The van der Waals surface area contributed by atoms with Crippen LogP contribution in [0.15, 0.2) is 36.5 Å². The molecule has 28 heavy (non-hydrogen) atoms. The molecule has 2 aliphatic heterocycles. The molecule has 0 atom stereocenters. The molecule has 7 nitrogen and oxygen atoms in total. The number of anilines is 3. The van der Waals surface area contributed by atoms with E-state index in [0.717, 1.165) is 69.1 Å². The molecule has 1 N–H and O–H groups in total. The first-order chi connectivity index (χ1) is 13.7. The molecular formula is C21H27N5O2. The van der Waals surface area contributed by atoms with E-state index >= 15 is 0 Å². The number of carbonyl (C=O) groups is 1. The van der Waals surface area contributed by atoms with Crippen LogP contribution in [0, 0.1) is 5.92 Å². The number of hydrogen-bond donors (Lipinski definition) is 1. The highest BCUT2D eigenvalue weighted by atomic mass is 16.5. The van der Waals surface area contributed by atoms with Gasteiger partial charge in [-0.1, -0.05) is 12.1 Å². The van der Waals surface area contributed by atoms with Crippen LogP contribution in [0.3, 0.4) is 0 Å². The van der Waals surface area contributed by atoms with Crippen LogP contribution >= 0.6 is 0 Å². The number of likely N-dealkylation sites (tertiary alicyclic amines) is 1. The molecule has 7 heteroatoms. The van der Waals surface area contributed by atoms with Crippen molar-refractivity contribution in [3.8, 4) is 5.75 Å². The molecule has 3 heterocycles. The van der Waals surface area contributed by atoms with Gasteiger partial charge in [-0.25, -0.2) is 4.98 Å². The summed E-state index contributed by atoms with van der Waals surface area (Å²) in [5, 5.41) is 3.30. The average Bonchev–Trinajstić information content (AvgIpc) is 3.29. The van der Waals surface area contributed by atoms with Crippen LogP contribution in [0.25, 0.3) is 0 Å². The van der Waals surface area contributed by atoms with Gasteiger partial charge in [0.15, 0.2) is 0 Å². The van der Waals surface area contributed by atoms with E-state index in [1.165, 1.54) is 0 Å². The molecule has 2 aliphatic rings. The molecule has 1 amide bonds. The number of methoxy groups -OCH3 is 1. The number of amides is 1. The van der Waals surface area contributed by atoms with Crippen molar-refractivity contribution in [2.45, 2.75) is 25.7 Å². The normalized spacial score (nSPS) is 17.6. The predicted molar refractivity (Wildman–Crippen MR) is 109 cm³/mol. The first-order valence-electron chi connectivity index (χ1n) is 10.0. The Kier molecular flexibility index (Phi) is 5.60. The summed E-state index contributed by atoms with van der Waals surface area (Å²) in [7, 11) is 1.65. The molecule has 148 valence electrons. The van der Waals surface area contributed by atoms with Gasteiger partial charge in [-0.3, -0.25) is 4.79 Å². The van der Waals surface area contributed by atoms with E-state index in [2.05, 4.69) is 20.2 Å². The minimum atomic E-state index is 0.143. The van der Waals surface area contributed by atoms with Gasteiger partial charge < -0.3 is 19.9 Å². The summed E-state index contributed by atoms with van der Waals surface area (Å²) in [6.07, 6.45) is 5.78. The van der Waals surface area contributed by atoms with E-state index in [-0.39, 0.29) is 5.92 Å². The zero-order valence-corrected chi connectivity index (χ0v) is 16.3. The molecule has 0 bridgehead atoms. The Balaban J connectivity index is 1.39. The highest BCUT2D eigenvalue weighted by molar-refractivity contribution is 5.79. The van der Waals surface area contributed by atoms with Crippen LogP contribution in [-0.2, 0) is 4.79 Å². The zero-order valence-electron chi connectivity index (χ0n) is 16.3. The van der Waals surface area contributed by atoms with Crippen LogP contribution in [0.1, 0.15) is 25.7 Å². The standard InChI is InChI=1S/C21H27N5O2/c1-28-18-7-3-2-6-17(18)23-19-8-11-22-21(24-19)26-14-9-16(10-15-26)20(27)25-12-4-5-13-25/h2-3,6-8,11,16H,4-5,9-10,12-15H2,1H3,(H,22,23,24). The van der Waals surface area contributed by atoms with E-state index in [1.54, 1.807) is 13.3 Å². The number of hydrogen-bond acceptors (Lipinski definition) is 6. The molecule has 4 rings (SSSR count). The largest absolute Gasteiger partial charge is 0.495 e. The topological polar surface area (TPSA) is 70.6 Å². The third-order valence-electron chi connectivity index (χ3n) is 5.56. The molecule has 0 radical (unpaired) electrons. The molecule has 0 spiro atoms. The molecule has 1 aromatic carbocycles. The average molecular weight is 381 g/mol. The van der Waals surface area contributed by atoms with Crippen molar-refractivity contribution in [1.82, 2.24) is 14.9 Å². The van der Waals surface area contributed by atoms with Gasteiger partial charge in [-0.15, -0.1) is 0 Å². The second-order valence-corrected chi connectivity index (χ2v) is 7.36. The Hall–Kier alpha value is -2.83. The number of piperidine rings is 1. The van der Waals surface area contributed by atoms with Gasteiger partial charge in [-0.2, -0.15) is 4.98 Å². The number of benzene rings is 1. The third-order valence-corrected chi connectivity index (χ3v) is 5.56. The fourth-order valence-electron chi connectivity index (χ4n) is 3.98. The zero-order chi connectivity index (χ0) is 19.3. The van der Waals surface area contributed by atoms with Crippen LogP contribution in [0.5, 0.6) is 5.75 Å². The molecule has 0 aliphatic carbocycles. The first-order valence-corrected chi connectivity index (χ1v) is 10.0. The summed E-state index contributed by atoms with van der Waals surface area (Å²) >= 11 is 0. The number of nitrogens with zero attached hydrogens (tertiary/aromatic N) is 4.